The van der Waals surface area contributed by atoms with Crippen LogP contribution in [0.1, 0.15) is 11.1 Å². The van der Waals surface area contributed by atoms with Crippen LogP contribution in [-0.4, -0.2) is 45.6 Å². The minimum Gasteiger partial charge on any atom is -0.497 e. The first kappa shape index (κ1) is 25.1. The molecule has 1 aliphatic rings. The monoisotopic (exact) mass is 501 g/mol. The van der Waals surface area contributed by atoms with E-state index in [-0.39, 0.29) is 30.0 Å². The molecule has 1 amide bonds. The summed E-state index contributed by atoms with van der Waals surface area (Å²) in [7, 11) is -0.511. The molecule has 0 aromatic heterocycles. The van der Waals surface area contributed by atoms with Gasteiger partial charge < -0.3 is 14.7 Å². The van der Waals surface area contributed by atoms with E-state index in [1.54, 1.807) is 26.3 Å². The van der Waals surface area contributed by atoms with Crippen molar-refractivity contribution in [2.45, 2.75) is 5.54 Å². The van der Waals surface area contributed by atoms with Crippen molar-refractivity contribution in [2.75, 3.05) is 20.4 Å². The fourth-order valence-electron chi connectivity index (χ4n) is 3.84. The Morgan fingerprint density at radius 1 is 0.912 bits per heavy atom. The van der Waals surface area contributed by atoms with E-state index >= 15 is 0 Å². The number of benzene rings is 3. The Bertz CT molecular complexity index is 1360. The van der Waals surface area contributed by atoms with Gasteiger partial charge in [-0.3, -0.25) is 9.69 Å². The van der Waals surface area contributed by atoms with E-state index in [0.717, 1.165) is 17.4 Å². The molecule has 34 heavy (non-hydrogen) atoms. The van der Waals surface area contributed by atoms with Gasteiger partial charge in [0, 0.05) is 7.05 Å². The molecule has 10 heteroatoms. The number of halogens is 1. The third-order valence-electron chi connectivity index (χ3n) is 5.44. The number of amides is 1. The Morgan fingerprint density at radius 2 is 1.53 bits per heavy atom. The zero-order valence-electron chi connectivity index (χ0n) is 18.8. The molecule has 1 atom stereocenters. The second-order valence-electron chi connectivity index (χ2n) is 7.67. The number of nitrogens with two attached hydrogens (primary N) is 1. The summed E-state index contributed by atoms with van der Waals surface area (Å²) in [6, 6.07) is 21.3. The van der Waals surface area contributed by atoms with Crippen LogP contribution in [0.4, 0.5) is 0 Å². The Labute approximate surface area is 204 Å². The molecule has 0 spiro atoms. The fourth-order valence-corrected chi connectivity index (χ4v) is 4.30. The van der Waals surface area contributed by atoms with Gasteiger partial charge in [0.25, 0.3) is 5.91 Å². The number of guanidine groups is 1. The number of hydrogen-bond acceptors (Lipinski definition) is 7. The lowest BCUT2D eigenvalue weighted by atomic mass is 9.81. The Morgan fingerprint density at radius 3 is 2.09 bits per heavy atom. The molecule has 0 fully saturated rings. The van der Waals surface area contributed by atoms with Crippen molar-refractivity contribution in [1.29, 1.82) is 0 Å². The highest BCUT2D eigenvalue weighted by Gasteiger charge is 2.49. The van der Waals surface area contributed by atoms with Crippen molar-refractivity contribution in [1.82, 2.24) is 4.90 Å². The molecule has 3 aromatic carbocycles. The summed E-state index contributed by atoms with van der Waals surface area (Å²) in [5.41, 5.74) is 7.58. The molecule has 2 N–H and O–H groups in total. The third-order valence-corrected chi connectivity index (χ3v) is 5.94. The number of ether oxygens (including phenoxy) is 1. The first-order valence-electron chi connectivity index (χ1n) is 10.0. The minimum atomic E-state index is -3.68. The Hall–Kier alpha value is -3.56. The maximum absolute atomic E-state index is 13.5. The van der Waals surface area contributed by atoms with Gasteiger partial charge in [0.05, 0.1) is 13.4 Å². The molecule has 8 nitrogen and oxygen atoms in total. The normalized spacial score (nSPS) is 17.7. The molecule has 1 aliphatic heterocycles. The quantitative estimate of drug-likeness (QED) is 0.519. The SMILES string of the molecule is COc1cccc(-c2cccc([C@]3(c4ccc(OS(C)(=O)=O)cc4)N=C(N)N(C)C3=O)c2)c1.Cl. The molecule has 1 heterocycles. The second-order valence-corrected chi connectivity index (χ2v) is 9.24. The van der Waals surface area contributed by atoms with Gasteiger partial charge in [-0.2, -0.15) is 8.42 Å². The van der Waals surface area contributed by atoms with Crippen LogP contribution in [0.2, 0.25) is 0 Å². The van der Waals surface area contributed by atoms with Gasteiger partial charge in [0.1, 0.15) is 11.5 Å². The van der Waals surface area contributed by atoms with Gasteiger partial charge in [-0.25, -0.2) is 4.99 Å². The van der Waals surface area contributed by atoms with Gasteiger partial charge in [0.15, 0.2) is 11.5 Å². The van der Waals surface area contributed by atoms with Crippen LogP contribution in [-0.2, 0) is 20.5 Å². The zero-order chi connectivity index (χ0) is 23.8. The van der Waals surface area contributed by atoms with Crippen LogP contribution in [0.3, 0.4) is 0 Å². The maximum Gasteiger partial charge on any atom is 0.306 e. The third kappa shape index (κ3) is 4.57. The van der Waals surface area contributed by atoms with E-state index in [1.165, 1.54) is 17.0 Å². The predicted molar refractivity (Wildman–Crippen MR) is 133 cm³/mol. The number of rotatable bonds is 6. The van der Waals surface area contributed by atoms with Gasteiger partial charge in [0.2, 0.25) is 0 Å². The number of carbonyl (C=O) groups is 1. The molecule has 0 radical (unpaired) electrons. The van der Waals surface area contributed by atoms with Crippen LogP contribution in [0.5, 0.6) is 11.5 Å². The lowest BCUT2D eigenvalue weighted by Gasteiger charge is -2.26. The average molecular weight is 502 g/mol. The number of hydrogen-bond donors (Lipinski definition) is 1. The van der Waals surface area contributed by atoms with E-state index in [0.29, 0.717) is 16.9 Å². The average Bonchev–Trinajstić information content (AvgIpc) is 3.03. The first-order chi connectivity index (χ1) is 15.6. The number of carbonyl (C=O) groups excluding carboxylic acids is 1. The highest BCUT2D eigenvalue weighted by atomic mass is 35.5. The smallest absolute Gasteiger partial charge is 0.306 e. The summed E-state index contributed by atoms with van der Waals surface area (Å²) in [5, 5.41) is 0. The van der Waals surface area contributed by atoms with E-state index in [2.05, 4.69) is 4.99 Å². The van der Waals surface area contributed by atoms with Gasteiger partial charge >= 0.3 is 10.1 Å². The maximum atomic E-state index is 13.5. The molecule has 178 valence electrons. The zero-order valence-corrected chi connectivity index (χ0v) is 20.4. The number of aliphatic imine (C=N–C) groups is 1. The Balaban J connectivity index is 0.00000324. The van der Waals surface area contributed by atoms with E-state index in [1.807, 2.05) is 48.5 Å². The topological polar surface area (TPSA) is 111 Å². The first-order valence-corrected chi connectivity index (χ1v) is 11.8. The van der Waals surface area contributed by atoms with Crippen molar-refractivity contribution in [3.05, 3.63) is 83.9 Å². The van der Waals surface area contributed by atoms with Crippen molar-refractivity contribution in [3.8, 4) is 22.6 Å². The minimum absolute atomic E-state index is 0. The number of methoxy groups -OCH3 is 1. The molecule has 3 aromatic rings. The van der Waals surface area contributed by atoms with Crippen molar-refractivity contribution < 1.29 is 22.1 Å². The molecule has 0 saturated heterocycles. The molecular weight excluding hydrogens is 478 g/mol. The summed E-state index contributed by atoms with van der Waals surface area (Å²) >= 11 is 0. The van der Waals surface area contributed by atoms with Gasteiger partial charge in [-0.15, -0.1) is 12.4 Å². The molecule has 0 unspecified atom stereocenters. The van der Waals surface area contributed by atoms with Crippen molar-refractivity contribution >= 4 is 34.4 Å². The molecular formula is C24H24ClN3O5S. The van der Waals surface area contributed by atoms with Crippen LogP contribution < -0.4 is 14.7 Å². The fraction of sp³-hybridized carbons (Fsp3) is 0.167. The van der Waals surface area contributed by atoms with E-state index in [4.69, 9.17) is 14.7 Å². The van der Waals surface area contributed by atoms with Crippen molar-refractivity contribution in [3.63, 3.8) is 0 Å². The highest BCUT2D eigenvalue weighted by molar-refractivity contribution is 7.86. The summed E-state index contributed by atoms with van der Waals surface area (Å²) in [6.45, 7) is 0. The molecule has 0 bridgehead atoms. The molecule has 0 saturated carbocycles. The van der Waals surface area contributed by atoms with Gasteiger partial charge in [-0.1, -0.05) is 42.5 Å². The summed E-state index contributed by atoms with van der Waals surface area (Å²) < 4.78 is 33.2. The largest absolute Gasteiger partial charge is 0.497 e. The predicted octanol–water partition coefficient (Wildman–Crippen LogP) is 3.15. The van der Waals surface area contributed by atoms with E-state index < -0.39 is 15.7 Å². The lowest BCUT2D eigenvalue weighted by molar-refractivity contribution is -0.129. The number of likely N-dealkylation sites (N-methyl/N-ethyl adjacent to an activating group) is 1. The Kier molecular flexibility index (Phi) is 6.90. The second kappa shape index (κ2) is 9.36. The summed E-state index contributed by atoms with van der Waals surface area (Å²) in [6.07, 6.45) is 0.965. The lowest BCUT2D eigenvalue weighted by Crippen LogP contribution is -2.41. The molecule has 0 aliphatic carbocycles. The summed E-state index contributed by atoms with van der Waals surface area (Å²) in [4.78, 5) is 19.4. The highest BCUT2D eigenvalue weighted by Crippen LogP contribution is 2.41. The summed E-state index contributed by atoms with van der Waals surface area (Å²) in [5.74, 6) is 0.619. The van der Waals surface area contributed by atoms with Crippen LogP contribution in [0.15, 0.2) is 77.8 Å². The van der Waals surface area contributed by atoms with Crippen LogP contribution in [0, 0.1) is 0 Å². The molecule has 4 rings (SSSR count). The number of nitrogens with zero attached hydrogens (tertiary/aromatic N) is 2. The van der Waals surface area contributed by atoms with Gasteiger partial charge in [-0.05, 0) is 52.6 Å². The van der Waals surface area contributed by atoms with Crippen LogP contribution in [0.25, 0.3) is 11.1 Å². The van der Waals surface area contributed by atoms with E-state index in [9.17, 15) is 13.2 Å². The standard InChI is InChI=1S/C24H23N3O5S.ClH/c1-27-22(28)24(26-23(27)25,18-10-12-20(13-11-18)32-33(3,29)30)19-8-4-6-16(14-19)17-7-5-9-21(15-17)31-2;/h4-15H,1-3H3,(H2,25,26);1H/t24-;/m0./s1. The van der Waals surface area contributed by atoms with Crippen LogP contribution >= 0.6 is 12.4 Å². The van der Waals surface area contributed by atoms with Crippen molar-refractivity contribution in [2.24, 2.45) is 10.7 Å².